The van der Waals surface area contributed by atoms with Crippen LogP contribution in [0.5, 0.6) is 0 Å². The van der Waals surface area contributed by atoms with Gasteiger partial charge in [-0.15, -0.1) is 0 Å². The third-order valence-electron chi connectivity index (χ3n) is 2.61. The molecule has 0 aromatic carbocycles. The topological polar surface area (TPSA) is 18.5 Å². The smallest absolute Gasteiger partial charge is 0.209 e. The summed E-state index contributed by atoms with van der Waals surface area (Å²) in [7, 11) is 0. The van der Waals surface area contributed by atoms with E-state index >= 15 is 0 Å². The molecule has 0 heterocycles. The third-order valence-corrected chi connectivity index (χ3v) is 2.61. The highest BCUT2D eigenvalue weighted by Crippen LogP contribution is 2.56. The average Bonchev–Trinajstić information content (AvgIpc) is 2.19. The largest absolute Gasteiger partial charge is 0.439 e. The van der Waals surface area contributed by atoms with Crippen LogP contribution in [0.15, 0.2) is 0 Å². The molecule has 0 spiro atoms. The van der Waals surface area contributed by atoms with Crippen molar-refractivity contribution in [2.75, 3.05) is 0 Å². The second-order valence-electron chi connectivity index (χ2n) is 4.37. The average molecular weight is 416 g/mol. The zero-order valence-corrected chi connectivity index (χ0v) is 11.0. The summed E-state index contributed by atoms with van der Waals surface area (Å²) < 4.78 is 185. The molecule has 0 aromatic heterocycles. The Labute approximate surface area is 126 Å². The molecule has 0 atom stereocenters. The first-order valence-electron chi connectivity index (χ1n) is 5.16. The summed E-state index contributed by atoms with van der Waals surface area (Å²) in [4.78, 5) is 3.92. The highest BCUT2D eigenvalue weighted by atomic mass is 19.4. The molecule has 0 unspecified atom stereocenters. The third kappa shape index (κ3) is 3.85. The van der Waals surface area contributed by atoms with E-state index in [1.165, 1.54) is 0 Å². The van der Waals surface area contributed by atoms with Gasteiger partial charge in [0.05, 0.1) is 0 Å². The van der Waals surface area contributed by atoms with Gasteiger partial charge in [-0.05, 0) is 6.92 Å². The van der Waals surface area contributed by atoms with Crippen LogP contribution in [0.25, 0.3) is 0 Å². The second-order valence-corrected chi connectivity index (χ2v) is 4.37. The van der Waals surface area contributed by atoms with Crippen molar-refractivity contribution in [3.8, 4) is 0 Å². The van der Waals surface area contributed by atoms with Crippen molar-refractivity contribution in [3.63, 3.8) is 0 Å². The fraction of sp³-hybridized carbons (Fsp3) is 1.00. The van der Waals surface area contributed by atoms with Crippen LogP contribution in [0.3, 0.4) is 0 Å². The van der Waals surface area contributed by atoms with Crippen LogP contribution in [0.2, 0.25) is 0 Å². The summed E-state index contributed by atoms with van der Waals surface area (Å²) in [5.41, 5.74) is -13.4. The quantitative estimate of drug-likeness (QED) is 0.356. The van der Waals surface area contributed by atoms with Crippen LogP contribution in [-0.4, -0.2) is 42.1 Å². The Bertz CT molecular complexity index is 410. The van der Waals surface area contributed by atoms with Crippen molar-refractivity contribution >= 4 is 0 Å². The van der Waals surface area contributed by atoms with Crippen LogP contribution in [0.1, 0.15) is 6.92 Å². The lowest BCUT2D eigenvalue weighted by atomic mass is 10.0. The fourth-order valence-corrected chi connectivity index (χ4v) is 1.02. The number of hydrogen-bond acceptors (Lipinski definition) is 2. The van der Waals surface area contributed by atoms with E-state index in [2.05, 4.69) is 4.89 Å². The summed E-state index contributed by atoms with van der Waals surface area (Å²) in [5, 5.41) is 0. The molecule has 152 valence electrons. The highest BCUT2D eigenvalue weighted by Gasteiger charge is 2.88. The molecule has 0 rings (SSSR count). The van der Waals surface area contributed by atoms with Gasteiger partial charge in [-0.1, -0.05) is 0 Å². The van der Waals surface area contributed by atoms with E-state index in [4.69, 9.17) is 0 Å². The Hall–Kier alpha value is -1.13. The monoisotopic (exact) mass is 416 g/mol. The van der Waals surface area contributed by atoms with Crippen molar-refractivity contribution in [2.24, 2.45) is 0 Å². The zero-order valence-electron chi connectivity index (χ0n) is 11.0. The minimum Gasteiger partial charge on any atom is -0.209 e. The maximum Gasteiger partial charge on any atom is 0.439 e. The molecule has 0 radical (unpaired) electrons. The van der Waals surface area contributed by atoms with Crippen molar-refractivity contribution < 1.29 is 75.6 Å². The standard InChI is InChI=1S/C8H3F15O2/c1-2(4(9,10)11,5(12,13)14)24-25-3(6(15,16)17,7(18,19)20)8(21,22)23/h1H3. The molecule has 0 aliphatic carbocycles. The summed E-state index contributed by atoms with van der Waals surface area (Å²) in [5.74, 6) is 0. The van der Waals surface area contributed by atoms with E-state index in [1.54, 1.807) is 0 Å². The maximum atomic E-state index is 12.3. The lowest BCUT2D eigenvalue weighted by molar-refractivity contribution is -0.580. The molecule has 0 bridgehead atoms. The molecule has 0 fully saturated rings. The van der Waals surface area contributed by atoms with Crippen molar-refractivity contribution in [1.29, 1.82) is 0 Å². The Morgan fingerprint density at radius 2 is 0.640 bits per heavy atom. The van der Waals surface area contributed by atoms with Crippen LogP contribution in [-0.2, 0) is 9.78 Å². The molecule has 0 aromatic rings. The molecule has 0 aliphatic heterocycles. The van der Waals surface area contributed by atoms with E-state index < -0.39 is 49.0 Å². The maximum absolute atomic E-state index is 12.3. The molecule has 0 saturated heterocycles. The Morgan fingerprint density at radius 1 is 0.400 bits per heavy atom. The minimum absolute atomic E-state index is 1.17. The SMILES string of the molecule is CC(OOC(C(F)(F)F)(C(F)(F)F)C(F)(F)F)(C(F)(F)F)C(F)(F)F. The summed E-state index contributed by atoms with van der Waals surface area (Å²) in [6, 6.07) is 0. The Kier molecular flexibility index (Phi) is 5.68. The van der Waals surface area contributed by atoms with Crippen molar-refractivity contribution in [1.82, 2.24) is 0 Å². The molecule has 2 nitrogen and oxygen atoms in total. The van der Waals surface area contributed by atoms with Gasteiger partial charge >= 0.3 is 36.5 Å². The second kappa shape index (κ2) is 5.95. The minimum atomic E-state index is -7.58. The van der Waals surface area contributed by atoms with Gasteiger partial charge in [0, 0.05) is 0 Å². The molecule has 25 heavy (non-hydrogen) atoms. The zero-order chi connectivity index (χ0) is 20.9. The molecule has 0 saturated carbocycles. The van der Waals surface area contributed by atoms with E-state index in [9.17, 15) is 65.9 Å². The van der Waals surface area contributed by atoms with Crippen LogP contribution >= 0.6 is 0 Å². The number of halogens is 15. The van der Waals surface area contributed by atoms with Gasteiger partial charge in [-0.25, -0.2) is 4.89 Å². The first kappa shape index (κ1) is 23.9. The highest BCUT2D eigenvalue weighted by molar-refractivity contribution is 5.02. The number of rotatable bonds is 3. The number of hydrogen-bond donors (Lipinski definition) is 0. The Morgan fingerprint density at radius 3 is 0.800 bits per heavy atom. The predicted octanol–water partition coefficient (Wildman–Crippen LogP) is 5.24. The molecule has 17 heteroatoms. The van der Waals surface area contributed by atoms with Crippen LogP contribution < -0.4 is 0 Å². The lowest BCUT2D eigenvalue weighted by Gasteiger charge is -2.40. The van der Waals surface area contributed by atoms with Gasteiger partial charge in [0.25, 0.3) is 5.60 Å². The van der Waals surface area contributed by atoms with E-state index in [1.807, 2.05) is 4.89 Å². The van der Waals surface area contributed by atoms with E-state index in [-0.39, 0.29) is 0 Å². The summed E-state index contributed by atoms with van der Waals surface area (Å²) in [6.45, 7) is -1.17. The lowest BCUT2D eigenvalue weighted by Crippen LogP contribution is -2.69. The first-order chi connectivity index (χ1) is 10.5. The predicted molar refractivity (Wildman–Crippen MR) is 43.6 cm³/mol. The van der Waals surface area contributed by atoms with E-state index in [0.29, 0.717) is 0 Å². The van der Waals surface area contributed by atoms with Gasteiger partial charge < -0.3 is 0 Å². The normalized spacial score (nSPS) is 16.3. The summed E-state index contributed by atoms with van der Waals surface area (Å²) >= 11 is 0. The molecule has 0 aliphatic rings. The van der Waals surface area contributed by atoms with Gasteiger partial charge in [0.2, 0.25) is 0 Å². The molecular formula is C8H3F15O2. The van der Waals surface area contributed by atoms with Crippen molar-refractivity contribution in [2.45, 2.75) is 49.0 Å². The van der Waals surface area contributed by atoms with Crippen LogP contribution in [0, 0.1) is 0 Å². The Balaban J connectivity index is 6.35. The van der Waals surface area contributed by atoms with Gasteiger partial charge in [0.1, 0.15) is 0 Å². The van der Waals surface area contributed by atoms with E-state index in [0.717, 1.165) is 0 Å². The molecule has 0 N–H and O–H groups in total. The van der Waals surface area contributed by atoms with Gasteiger partial charge in [0.15, 0.2) is 0 Å². The number of alkyl halides is 15. The summed E-state index contributed by atoms with van der Waals surface area (Å²) in [6.07, 6.45) is -36.3. The fourth-order valence-electron chi connectivity index (χ4n) is 1.02. The van der Waals surface area contributed by atoms with Crippen molar-refractivity contribution in [3.05, 3.63) is 0 Å². The molecular weight excluding hydrogens is 413 g/mol. The van der Waals surface area contributed by atoms with Gasteiger partial charge in [-0.2, -0.15) is 70.7 Å². The molecule has 0 amide bonds. The van der Waals surface area contributed by atoms with Gasteiger partial charge in [-0.3, -0.25) is 0 Å². The first-order valence-corrected chi connectivity index (χ1v) is 5.16. The van der Waals surface area contributed by atoms with Crippen LogP contribution in [0.4, 0.5) is 65.9 Å².